The first kappa shape index (κ1) is 23.0. The summed E-state index contributed by atoms with van der Waals surface area (Å²) in [5.41, 5.74) is 10.8. The first-order valence-electron chi connectivity index (χ1n) is 10.8. The number of nitrogens with zero attached hydrogens (tertiary/aromatic N) is 1. The maximum atomic E-state index is 13.6. The van der Waals surface area contributed by atoms with Gasteiger partial charge >= 0.3 is 0 Å². The Kier molecular flexibility index (Phi) is 5.94. The summed E-state index contributed by atoms with van der Waals surface area (Å²) in [5, 5.41) is 16.2. The fourth-order valence-electron chi connectivity index (χ4n) is 5.45. The molecule has 0 spiro atoms. The molecule has 0 aromatic rings. The Morgan fingerprint density at radius 1 is 1.27 bits per heavy atom. The molecule has 30 heavy (non-hydrogen) atoms. The van der Waals surface area contributed by atoms with E-state index in [4.69, 9.17) is 11.5 Å². The van der Waals surface area contributed by atoms with Crippen molar-refractivity contribution in [3.63, 3.8) is 0 Å². The van der Waals surface area contributed by atoms with E-state index in [-0.39, 0.29) is 29.1 Å². The number of primary amides is 2. The van der Waals surface area contributed by atoms with Gasteiger partial charge in [-0.25, -0.2) is 0 Å². The van der Waals surface area contributed by atoms with Crippen molar-refractivity contribution in [1.82, 2.24) is 15.5 Å². The molecule has 0 radical (unpaired) electrons. The van der Waals surface area contributed by atoms with Crippen LogP contribution in [0, 0.1) is 28.6 Å². The van der Waals surface area contributed by atoms with Gasteiger partial charge in [0.25, 0.3) is 0 Å². The zero-order chi connectivity index (χ0) is 22.6. The molecular weight excluding hydrogens is 386 g/mol. The van der Waals surface area contributed by atoms with Crippen molar-refractivity contribution in [1.29, 1.82) is 0 Å². The second kappa shape index (κ2) is 7.76. The van der Waals surface area contributed by atoms with E-state index >= 15 is 0 Å². The van der Waals surface area contributed by atoms with Crippen molar-refractivity contribution in [3.05, 3.63) is 0 Å². The summed E-state index contributed by atoms with van der Waals surface area (Å²) in [6.45, 7) is 11.1. The lowest BCUT2D eigenvalue weighted by Gasteiger charge is -2.39. The van der Waals surface area contributed by atoms with E-state index in [0.29, 0.717) is 19.5 Å². The standard InChI is InChI=1S/C21H37N5O4/c1-20(2,3)15(25-12(16(22)27)8-10-6-7-24-18(10)29)19(30)26-9-11-13(21(11,4)5)14(26)17(23)28/h10-15,18,24-25,29H,6-9H2,1-5H3,(H2,22,27)(H2,23,28)/t10-,11?,12-,13?,14?,15+,18-/m0/s1. The van der Waals surface area contributed by atoms with Crippen molar-refractivity contribution in [2.45, 2.75) is 71.8 Å². The first-order chi connectivity index (χ1) is 13.8. The minimum Gasteiger partial charge on any atom is -0.378 e. The van der Waals surface area contributed by atoms with Crippen molar-refractivity contribution >= 4 is 17.7 Å². The summed E-state index contributed by atoms with van der Waals surface area (Å²) < 4.78 is 0. The number of aliphatic hydroxyl groups is 1. The molecule has 9 heteroatoms. The van der Waals surface area contributed by atoms with Gasteiger partial charge in [0.15, 0.2) is 0 Å². The number of nitrogens with two attached hydrogens (primary N) is 2. The average Bonchev–Trinajstić information content (AvgIpc) is 3.00. The molecule has 2 heterocycles. The van der Waals surface area contributed by atoms with E-state index in [1.54, 1.807) is 4.90 Å². The highest BCUT2D eigenvalue weighted by atomic mass is 16.3. The molecule has 3 fully saturated rings. The minimum atomic E-state index is -0.765. The quantitative estimate of drug-likeness (QED) is 0.359. The number of likely N-dealkylation sites (tertiary alicyclic amines) is 1. The van der Waals surface area contributed by atoms with E-state index in [1.165, 1.54) is 0 Å². The lowest BCUT2D eigenvalue weighted by atomic mass is 9.84. The Bertz CT molecular complexity index is 719. The van der Waals surface area contributed by atoms with Crippen molar-refractivity contribution in [3.8, 4) is 0 Å². The number of aliphatic hydroxyl groups excluding tert-OH is 1. The van der Waals surface area contributed by atoms with Gasteiger partial charge in [-0.3, -0.25) is 25.0 Å². The fraction of sp³-hybridized carbons (Fsp3) is 0.857. The Hall–Kier alpha value is -1.71. The van der Waals surface area contributed by atoms with Crippen molar-refractivity contribution in [2.75, 3.05) is 13.1 Å². The molecule has 3 unspecified atom stereocenters. The van der Waals surface area contributed by atoms with Crippen LogP contribution in [0.2, 0.25) is 0 Å². The van der Waals surface area contributed by atoms with Crippen molar-refractivity contribution < 1.29 is 19.5 Å². The summed E-state index contributed by atoms with van der Waals surface area (Å²) in [5.74, 6) is -1.07. The monoisotopic (exact) mass is 423 g/mol. The number of carbonyl (C=O) groups excluding carboxylic acids is 3. The first-order valence-corrected chi connectivity index (χ1v) is 10.8. The Morgan fingerprint density at radius 2 is 1.90 bits per heavy atom. The van der Waals surface area contributed by atoms with Gasteiger partial charge in [0.1, 0.15) is 12.3 Å². The van der Waals surface area contributed by atoms with Gasteiger partial charge < -0.3 is 21.5 Å². The number of rotatable bonds is 7. The van der Waals surface area contributed by atoms with Gasteiger partial charge in [0, 0.05) is 12.5 Å². The second-order valence-electron chi connectivity index (χ2n) is 10.9. The molecule has 7 atom stereocenters. The summed E-state index contributed by atoms with van der Waals surface area (Å²) >= 11 is 0. The maximum absolute atomic E-state index is 13.6. The molecule has 7 N–H and O–H groups in total. The van der Waals surface area contributed by atoms with Gasteiger partial charge in [0.05, 0.1) is 12.1 Å². The van der Waals surface area contributed by atoms with E-state index < -0.39 is 41.6 Å². The van der Waals surface area contributed by atoms with E-state index in [2.05, 4.69) is 24.5 Å². The van der Waals surface area contributed by atoms with Gasteiger partial charge in [-0.1, -0.05) is 34.6 Å². The van der Waals surface area contributed by atoms with E-state index in [0.717, 1.165) is 6.42 Å². The predicted octanol–water partition coefficient (Wildman–Crippen LogP) is -0.869. The molecular formula is C21H37N5O4. The zero-order valence-corrected chi connectivity index (χ0v) is 18.6. The summed E-state index contributed by atoms with van der Waals surface area (Å²) in [6, 6.07) is -2.11. The van der Waals surface area contributed by atoms with Crippen LogP contribution in [0.3, 0.4) is 0 Å². The minimum absolute atomic E-state index is 0.00249. The molecule has 9 nitrogen and oxygen atoms in total. The summed E-state index contributed by atoms with van der Waals surface area (Å²) in [4.78, 5) is 39.6. The second-order valence-corrected chi connectivity index (χ2v) is 10.9. The van der Waals surface area contributed by atoms with Gasteiger partial charge in [0.2, 0.25) is 17.7 Å². The zero-order valence-electron chi connectivity index (χ0n) is 18.6. The molecule has 3 rings (SSSR count). The number of hydrogen-bond acceptors (Lipinski definition) is 6. The van der Waals surface area contributed by atoms with Crippen LogP contribution in [0.5, 0.6) is 0 Å². The highest BCUT2D eigenvalue weighted by Gasteiger charge is 2.69. The van der Waals surface area contributed by atoms with Crippen molar-refractivity contribution in [2.24, 2.45) is 40.1 Å². The van der Waals surface area contributed by atoms with Crippen LogP contribution in [0.15, 0.2) is 0 Å². The third-order valence-electron chi connectivity index (χ3n) is 7.46. The number of nitrogens with one attached hydrogen (secondary N) is 2. The van der Waals surface area contributed by atoms with Gasteiger partial charge in [-0.2, -0.15) is 0 Å². The molecule has 0 aromatic heterocycles. The highest BCUT2D eigenvalue weighted by molar-refractivity contribution is 5.92. The average molecular weight is 424 g/mol. The third-order valence-corrected chi connectivity index (χ3v) is 7.46. The van der Waals surface area contributed by atoms with Crippen LogP contribution in [-0.2, 0) is 14.4 Å². The Morgan fingerprint density at radius 3 is 2.37 bits per heavy atom. The Balaban J connectivity index is 1.79. The normalized spacial score (nSPS) is 34.3. The lowest BCUT2D eigenvalue weighted by molar-refractivity contribution is -0.143. The molecule has 3 amide bonds. The molecule has 2 aliphatic heterocycles. The smallest absolute Gasteiger partial charge is 0.240 e. The molecule has 0 aromatic carbocycles. The number of carbonyl (C=O) groups is 3. The van der Waals surface area contributed by atoms with E-state index in [9.17, 15) is 19.5 Å². The Labute approximate surface area is 178 Å². The number of piperidine rings is 1. The molecule has 1 saturated carbocycles. The van der Waals surface area contributed by atoms with Gasteiger partial charge in [-0.15, -0.1) is 0 Å². The number of amides is 3. The lowest BCUT2D eigenvalue weighted by Crippen LogP contribution is -2.61. The number of hydrogen-bond donors (Lipinski definition) is 5. The van der Waals surface area contributed by atoms with Gasteiger partial charge in [-0.05, 0) is 42.1 Å². The molecule has 170 valence electrons. The maximum Gasteiger partial charge on any atom is 0.240 e. The highest BCUT2D eigenvalue weighted by Crippen LogP contribution is 2.64. The van der Waals surface area contributed by atoms with E-state index in [1.807, 2.05) is 20.8 Å². The molecule has 2 saturated heterocycles. The fourth-order valence-corrected chi connectivity index (χ4v) is 5.45. The largest absolute Gasteiger partial charge is 0.378 e. The van der Waals surface area contributed by atoms with Crippen LogP contribution < -0.4 is 22.1 Å². The SMILES string of the molecule is CC1(C)C2CN(C(=O)[C@@H](N[C@@H](C[C@@H]3CCN[C@H]3O)C(N)=O)C(C)(C)C)C(C(N)=O)C21. The predicted molar refractivity (Wildman–Crippen MR) is 112 cm³/mol. The summed E-state index contributed by atoms with van der Waals surface area (Å²) in [6.07, 6.45) is 0.375. The molecule has 1 aliphatic carbocycles. The summed E-state index contributed by atoms with van der Waals surface area (Å²) in [7, 11) is 0. The topological polar surface area (TPSA) is 151 Å². The van der Waals surface area contributed by atoms with Crippen LogP contribution >= 0.6 is 0 Å². The molecule has 0 bridgehead atoms. The molecule has 3 aliphatic rings. The van der Waals surface area contributed by atoms with Crippen LogP contribution in [0.1, 0.15) is 47.5 Å². The number of fused-ring (bicyclic) bond motifs is 1. The van der Waals surface area contributed by atoms with Crippen LogP contribution in [-0.4, -0.2) is 65.2 Å². The van der Waals surface area contributed by atoms with Crippen LogP contribution in [0.4, 0.5) is 0 Å². The van der Waals surface area contributed by atoms with Crippen LogP contribution in [0.25, 0.3) is 0 Å². The third kappa shape index (κ3) is 4.07.